The van der Waals surface area contributed by atoms with Gasteiger partial charge in [0.15, 0.2) is 0 Å². The SMILES string of the molecule is [Pt+2].[c-]1c(Oc2[c-]c3c(cc2)c2cc(-c4ccccc4)cc(-c4ccccc4)c2n2ccnc32)ccc2c1c1nccn1c1c(-c3ccccc3)cc(-c3ccccc3)cc21. The molecule has 0 radical (unpaired) electrons. The quantitative estimate of drug-likeness (QED) is 0.123. The number of aromatic nitrogens is 4. The maximum Gasteiger partial charge on any atom is 2.00 e. The number of imidazole rings is 2. The maximum atomic E-state index is 6.66. The Morgan fingerprint density at radius 3 is 1.17 bits per heavy atom. The van der Waals surface area contributed by atoms with E-state index in [1.165, 1.54) is 0 Å². The number of nitrogens with zero attached hydrogens (tertiary/aromatic N) is 4. The van der Waals surface area contributed by atoms with Gasteiger partial charge in [-0.05, 0) is 56.3 Å². The van der Waals surface area contributed by atoms with Gasteiger partial charge >= 0.3 is 21.1 Å². The second kappa shape index (κ2) is 14.5. The molecular weight excluding hydrogens is 916 g/mol. The molecule has 284 valence electrons. The smallest absolute Gasteiger partial charge is 0.497 e. The Morgan fingerprint density at radius 2 is 0.767 bits per heavy atom. The maximum absolute atomic E-state index is 6.66. The molecule has 4 heterocycles. The molecule has 0 aliphatic carbocycles. The van der Waals surface area contributed by atoms with Crippen LogP contribution < -0.4 is 4.74 Å². The zero-order chi connectivity index (χ0) is 38.9. The molecule has 0 saturated heterocycles. The summed E-state index contributed by atoms with van der Waals surface area (Å²) in [6, 6.07) is 67.0. The second-order valence-corrected chi connectivity index (χ2v) is 14.9. The van der Waals surface area contributed by atoms with Crippen LogP contribution >= 0.6 is 0 Å². The molecule has 0 N–H and O–H groups in total. The zero-order valence-electron chi connectivity index (χ0n) is 32.0. The molecule has 0 atom stereocenters. The molecular formula is C54H32N4OPt. The third-order valence-electron chi connectivity index (χ3n) is 11.5. The molecule has 0 unspecified atom stereocenters. The minimum atomic E-state index is 0. The Balaban J connectivity index is 0.00000408. The van der Waals surface area contributed by atoms with Crippen molar-refractivity contribution in [1.82, 2.24) is 18.8 Å². The summed E-state index contributed by atoms with van der Waals surface area (Å²) in [5.74, 6) is 1.16. The summed E-state index contributed by atoms with van der Waals surface area (Å²) in [5.41, 5.74) is 13.0. The first-order chi connectivity index (χ1) is 29.2. The minimum Gasteiger partial charge on any atom is -0.497 e. The van der Waals surface area contributed by atoms with Crippen molar-refractivity contribution >= 4 is 54.6 Å². The summed E-state index contributed by atoms with van der Waals surface area (Å²) in [6.45, 7) is 0. The van der Waals surface area contributed by atoms with E-state index in [2.05, 4.69) is 179 Å². The van der Waals surface area contributed by atoms with E-state index in [1.807, 2.05) is 36.9 Å². The number of pyridine rings is 2. The predicted molar refractivity (Wildman–Crippen MR) is 240 cm³/mol. The van der Waals surface area contributed by atoms with Gasteiger partial charge in [0.25, 0.3) is 0 Å². The summed E-state index contributed by atoms with van der Waals surface area (Å²) < 4.78 is 11.0. The van der Waals surface area contributed by atoms with Gasteiger partial charge in [-0.25, -0.2) is 0 Å². The second-order valence-electron chi connectivity index (χ2n) is 14.9. The number of hydrogen-bond acceptors (Lipinski definition) is 3. The van der Waals surface area contributed by atoms with Crippen LogP contribution in [0.15, 0.2) is 195 Å². The van der Waals surface area contributed by atoms with Crippen molar-refractivity contribution in [3.8, 4) is 56.0 Å². The van der Waals surface area contributed by atoms with Crippen LogP contribution in [-0.4, -0.2) is 18.8 Å². The molecule has 0 aliphatic heterocycles. The van der Waals surface area contributed by atoms with Crippen LogP contribution in [0.2, 0.25) is 0 Å². The van der Waals surface area contributed by atoms with Crippen molar-refractivity contribution in [2.75, 3.05) is 0 Å². The van der Waals surface area contributed by atoms with Gasteiger partial charge in [-0.15, -0.1) is 12.1 Å². The van der Waals surface area contributed by atoms with E-state index in [0.717, 1.165) is 99.2 Å². The molecule has 6 heteroatoms. The molecule has 5 nitrogen and oxygen atoms in total. The van der Waals surface area contributed by atoms with E-state index in [1.54, 1.807) is 0 Å². The number of hydrogen-bond donors (Lipinski definition) is 0. The Hall–Kier alpha value is -7.33. The Bertz CT molecular complexity index is 3330. The fraction of sp³-hybridized carbons (Fsp3) is 0. The topological polar surface area (TPSA) is 43.8 Å². The average molecular weight is 948 g/mol. The summed E-state index contributed by atoms with van der Waals surface area (Å²) in [5, 5.41) is 6.10. The van der Waals surface area contributed by atoms with E-state index in [4.69, 9.17) is 14.7 Å². The van der Waals surface area contributed by atoms with Gasteiger partial charge in [0.05, 0.1) is 11.3 Å². The predicted octanol–water partition coefficient (Wildman–Crippen LogP) is 13.7. The van der Waals surface area contributed by atoms with E-state index in [-0.39, 0.29) is 21.1 Å². The first kappa shape index (κ1) is 35.8. The Morgan fingerprint density at radius 1 is 0.383 bits per heavy atom. The molecule has 60 heavy (non-hydrogen) atoms. The third kappa shape index (κ3) is 5.81. The first-order valence-electron chi connectivity index (χ1n) is 19.7. The Labute approximate surface area is 360 Å². The van der Waals surface area contributed by atoms with Gasteiger partial charge in [-0.3, -0.25) is 9.97 Å². The monoisotopic (exact) mass is 947 g/mol. The van der Waals surface area contributed by atoms with Crippen molar-refractivity contribution in [2.24, 2.45) is 0 Å². The number of ether oxygens (including phenoxy) is 1. The molecule has 0 amide bonds. The Kier molecular flexibility index (Phi) is 8.65. The first-order valence-corrected chi connectivity index (χ1v) is 19.7. The van der Waals surface area contributed by atoms with Gasteiger partial charge in [-0.2, -0.15) is 0 Å². The standard InChI is InChI=1S/C54H32N4O.Pt/c1-5-13-35(14-6-1)39-29-45(37-17-9-3-10-18-37)51-47(31-39)43-23-21-41(33-49(43)53-55-25-27-57(51)53)59-42-22-24-44-48-32-40(36-15-7-2-8-16-36)30-46(38-19-11-4-12-20-38)52(48)58-28-26-56-54(58)50(44)34-42;/h1-32H;/q-2;+2. The van der Waals surface area contributed by atoms with Gasteiger partial charge < -0.3 is 13.5 Å². The number of fused-ring (bicyclic) bond motifs is 12. The summed E-state index contributed by atoms with van der Waals surface area (Å²) in [6.07, 6.45) is 7.80. The molecule has 12 aromatic rings. The van der Waals surface area contributed by atoms with Crippen molar-refractivity contribution in [3.05, 3.63) is 207 Å². The van der Waals surface area contributed by atoms with E-state index >= 15 is 0 Å². The van der Waals surface area contributed by atoms with Crippen molar-refractivity contribution in [1.29, 1.82) is 0 Å². The van der Waals surface area contributed by atoms with Crippen molar-refractivity contribution in [3.63, 3.8) is 0 Å². The normalized spacial score (nSPS) is 11.5. The van der Waals surface area contributed by atoms with Crippen LogP contribution in [0.4, 0.5) is 0 Å². The zero-order valence-corrected chi connectivity index (χ0v) is 34.3. The van der Waals surface area contributed by atoms with Crippen molar-refractivity contribution < 1.29 is 25.8 Å². The molecule has 0 spiro atoms. The van der Waals surface area contributed by atoms with Crippen LogP contribution in [-0.2, 0) is 21.1 Å². The van der Waals surface area contributed by atoms with Crippen LogP contribution in [0.25, 0.3) is 99.2 Å². The van der Waals surface area contributed by atoms with Gasteiger partial charge in [0, 0.05) is 58.4 Å². The molecule has 8 aromatic carbocycles. The summed E-state index contributed by atoms with van der Waals surface area (Å²) >= 11 is 0. The molecule has 0 bridgehead atoms. The minimum absolute atomic E-state index is 0. The van der Waals surface area contributed by atoms with Gasteiger partial charge in [0.1, 0.15) is 0 Å². The fourth-order valence-electron chi connectivity index (χ4n) is 8.79. The van der Waals surface area contributed by atoms with E-state index < -0.39 is 0 Å². The van der Waals surface area contributed by atoms with Gasteiger partial charge in [-0.1, -0.05) is 179 Å². The number of rotatable bonds is 6. The summed E-state index contributed by atoms with van der Waals surface area (Å²) in [4.78, 5) is 9.75. The molecule has 0 fully saturated rings. The van der Waals surface area contributed by atoms with Crippen molar-refractivity contribution in [2.45, 2.75) is 0 Å². The van der Waals surface area contributed by atoms with E-state index in [0.29, 0.717) is 11.5 Å². The largest absolute Gasteiger partial charge is 2.00 e. The van der Waals surface area contributed by atoms with Crippen LogP contribution in [0.5, 0.6) is 11.5 Å². The van der Waals surface area contributed by atoms with Crippen LogP contribution in [0.1, 0.15) is 0 Å². The van der Waals surface area contributed by atoms with Gasteiger partial charge in [0.2, 0.25) is 0 Å². The molecule has 0 saturated carbocycles. The average Bonchev–Trinajstić information content (AvgIpc) is 4.01. The molecule has 12 rings (SSSR count). The molecule has 4 aromatic heterocycles. The fourth-order valence-corrected chi connectivity index (χ4v) is 8.79. The molecule has 0 aliphatic rings. The van der Waals surface area contributed by atoms with E-state index in [9.17, 15) is 0 Å². The summed E-state index contributed by atoms with van der Waals surface area (Å²) in [7, 11) is 0. The van der Waals surface area contributed by atoms with Crippen LogP contribution in [0.3, 0.4) is 0 Å². The van der Waals surface area contributed by atoms with Crippen LogP contribution in [0, 0.1) is 12.1 Å². The third-order valence-corrected chi connectivity index (χ3v) is 11.5. The number of benzene rings is 8.